The zero-order chi connectivity index (χ0) is 12.4. The predicted octanol–water partition coefficient (Wildman–Crippen LogP) is 3.90. The van der Waals surface area contributed by atoms with E-state index in [-0.39, 0.29) is 17.9 Å². The number of halogens is 3. The van der Waals surface area contributed by atoms with Gasteiger partial charge in [-0.2, -0.15) is 0 Å². The quantitative estimate of drug-likeness (QED) is 0.836. The van der Waals surface area contributed by atoms with E-state index in [0.29, 0.717) is 15.6 Å². The van der Waals surface area contributed by atoms with E-state index in [1.54, 1.807) is 24.3 Å². The van der Waals surface area contributed by atoms with Crippen LogP contribution in [0.3, 0.4) is 0 Å². The van der Waals surface area contributed by atoms with Gasteiger partial charge >= 0.3 is 0 Å². The summed E-state index contributed by atoms with van der Waals surface area (Å²) in [7, 11) is 0. The Hall–Kier alpha value is -1.42. The molecule has 0 saturated carbocycles. The molecule has 2 rings (SSSR count). The number of rotatable bonds is 2. The highest BCUT2D eigenvalue weighted by Crippen LogP contribution is 2.27. The van der Waals surface area contributed by atoms with Crippen LogP contribution in [0.25, 0.3) is 0 Å². The van der Waals surface area contributed by atoms with Gasteiger partial charge in [0.15, 0.2) is 5.82 Å². The van der Waals surface area contributed by atoms with Gasteiger partial charge in [-0.15, -0.1) is 0 Å². The highest BCUT2D eigenvalue weighted by atomic mass is 79.9. The minimum Gasteiger partial charge on any atom is -0.396 e. The monoisotopic (exact) mass is 297 g/mol. The molecule has 0 unspecified atom stereocenters. The first kappa shape index (κ1) is 12.0. The Balaban J connectivity index is 2.43. The van der Waals surface area contributed by atoms with Crippen LogP contribution in [0.1, 0.15) is 11.1 Å². The summed E-state index contributed by atoms with van der Waals surface area (Å²) in [5.74, 6) is -0.844. The summed E-state index contributed by atoms with van der Waals surface area (Å²) >= 11 is 3.25. The fourth-order valence-electron chi connectivity index (χ4n) is 1.61. The maximum atomic E-state index is 13.8. The summed E-state index contributed by atoms with van der Waals surface area (Å²) in [4.78, 5) is 0. The van der Waals surface area contributed by atoms with Crippen LogP contribution < -0.4 is 5.73 Å². The van der Waals surface area contributed by atoms with Crippen LogP contribution in [-0.2, 0) is 6.42 Å². The molecule has 0 aliphatic heterocycles. The van der Waals surface area contributed by atoms with Crippen molar-refractivity contribution in [1.82, 2.24) is 0 Å². The normalized spacial score (nSPS) is 10.5. The van der Waals surface area contributed by atoms with Gasteiger partial charge in [-0.1, -0.05) is 34.1 Å². The third-order valence-corrected chi connectivity index (χ3v) is 3.28. The van der Waals surface area contributed by atoms with E-state index in [0.717, 1.165) is 0 Å². The maximum absolute atomic E-state index is 13.8. The van der Waals surface area contributed by atoms with Crippen LogP contribution in [-0.4, -0.2) is 0 Å². The minimum atomic E-state index is -0.498. The fraction of sp³-hybridized carbons (Fsp3) is 0.0769. The minimum absolute atomic E-state index is 0.0690. The van der Waals surface area contributed by atoms with Gasteiger partial charge in [0.05, 0.1) is 5.69 Å². The molecule has 0 saturated heterocycles. The first-order chi connectivity index (χ1) is 8.09. The molecular formula is C13H10BrF2N. The molecular weight excluding hydrogens is 288 g/mol. The second-order valence-electron chi connectivity index (χ2n) is 3.70. The van der Waals surface area contributed by atoms with Crippen molar-refractivity contribution in [1.29, 1.82) is 0 Å². The van der Waals surface area contributed by atoms with Gasteiger partial charge in [0, 0.05) is 16.5 Å². The number of benzene rings is 2. The lowest BCUT2D eigenvalue weighted by molar-refractivity contribution is 0.600. The lowest BCUT2D eigenvalue weighted by atomic mass is 10.0. The molecule has 1 nitrogen and oxygen atoms in total. The molecule has 0 bridgehead atoms. The SMILES string of the molecule is Nc1ccc(Br)c(Cc2ccccc2F)c1F. The Morgan fingerprint density at radius 3 is 2.47 bits per heavy atom. The maximum Gasteiger partial charge on any atom is 0.150 e. The Morgan fingerprint density at radius 2 is 1.76 bits per heavy atom. The lowest BCUT2D eigenvalue weighted by Gasteiger charge is -2.09. The first-order valence-electron chi connectivity index (χ1n) is 5.05. The molecule has 0 aliphatic rings. The van der Waals surface area contributed by atoms with Crippen LogP contribution in [0.15, 0.2) is 40.9 Å². The van der Waals surface area contributed by atoms with E-state index in [4.69, 9.17) is 5.73 Å². The van der Waals surface area contributed by atoms with Crippen LogP contribution >= 0.6 is 15.9 Å². The molecule has 0 atom stereocenters. The molecule has 0 radical (unpaired) electrons. The Morgan fingerprint density at radius 1 is 1.06 bits per heavy atom. The largest absolute Gasteiger partial charge is 0.396 e. The van der Waals surface area contributed by atoms with E-state index in [1.165, 1.54) is 12.1 Å². The Labute approximate surface area is 106 Å². The summed E-state index contributed by atoms with van der Waals surface area (Å²) in [5, 5.41) is 0. The number of hydrogen-bond donors (Lipinski definition) is 1. The van der Waals surface area contributed by atoms with E-state index < -0.39 is 5.82 Å². The fourth-order valence-corrected chi connectivity index (χ4v) is 2.06. The smallest absolute Gasteiger partial charge is 0.150 e. The lowest BCUT2D eigenvalue weighted by Crippen LogP contribution is -2.00. The van der Waals surface area contributed by atoms with Gasteiger partial charge in [-0.05, 0) is 23.8 Å². The van der Waals surface area contributed by atoms with Crippen molar-refractivity contribution in [3.63, 3.8) is 0 Å². The number of nitrogens with two attached hydrogens (primary N) is 1. The molecule has 88 valence electrons. The topological polar surface area (TPSA) is 26.0 Å². The van der Waals surface area contributed by atoms with Gasteiger partial charge in [0.1, 0.15) is 5.82 Å². The van der Waals surface area contributed by atoms with Gasteiger partial charge in [-0.25, -0.2) is 8.78 Å². The van der Waals surface area contributed by atoms with Crippen molar-refractivity contribution in [2.75, 3.05) is 5.73 Å². The van der Waals surface area contributed by atoms with Crippen molar-refractivity contribution >= 4 is 21.6 Å². The van der Waals surface area contributed by atoms with Crippen molar-refractivity contribution < 1.29 is 8.78 Å². The average Bonchev–Trinajstić information content (AvgIpc) is 2.32. The Kier molecular flexibility index (Phi) is 3.43. The summed E-state index contributed by atoms with van der Waals surface area (Å²) < 4.78 is 27.9. The standard InChI is InChI=1S/C13H10BrF2N/c14-10-5-6-12(17)13(16)9(10)7-8-3-1-2-4-11(8)15/h1-6H,7,17H2. The Bertz CT molecular complexity index is 555. The van der Waals surface area contributed by atoms with Gasteiger partial charge < -0.3 is 5.73 Å². The second kappa shape index (κ2) is 4.84. The molecule has 0 aromatic heterocycles. The number of hydrogen-bond acceptors (Lipinski definition) is 1. The summed E-state index contributed by atoms with van der Waals surface area (Å²) in [6, 6.07) is 9.44. The van der Waals surface area contributed by atoms with Crippen LogP contribution in [0.5, 0.6) is 0 Å². The third kappa shape index (κ3) is 2.47. The van der Waals surface area contributed by atoms with Gasteiger partial charge in [0.25, 0.3) is 0 Å². The zero-order valence-electron chi connectivity index (χ0n) is 8.88. The third-order valence-electron chi connectivity index (χ3n) is 2.54. The van der Waals surface area contributed by atoms with E-state index in [2.05, 4.69) is 15.9 Å². The molecule has 17 heavy (non-hydrogen) atoms. The van der Waals surface area contributed by atoms with Gasteiger partial charge in [0.2, 0.25) is 0 Å². The summed E-state index contributed by atoms with van der Waals surface area (Å²) in [6.07, 6.45) is 0.171. The van der Waals surface area contributed by atoms with Crippen molar-refractivity contribution in [2.24, 2.45) is 0 Å². The van der Waals surface area contributed by atoms with E-state index in [1.807, 2.05) is 0 Å². The molecule has 2 aromatic rings. The summed E-state index contributed by atoms with van der Waals surface area (Å²) in [5.41, 5.74) is 6.37. The zero-order valence-corrected chi connectivity index (χ0v) is 10.5. The number of nitrogen functional groups attached to an aromatic ring is 1. The molecule has 0 spiro atoms. The van der Waals surface area contributed by atoms with Crippen molar-refractivity contribution in [3.8, 4) is 0 Å². The molecule has 0 aliphatic carbocycles. The molecule has 4 heteroatoms. The number of anilines is 1. The van der Waals surface area contributed by atoms with E-state index >= 15 is 0 Å². The van der Waals surface area contributed by atoms with Crippen LogP contribution in [0.4, 0.5) is 14.5 Å². The average molecular weight is 298 g/mol. The van der Waals surface area contributed by atoms with Crippen LogP contribution in [0.2, 0.25) is 0 Å². The predicted molar refractivity (Wildman–Crippen MR) is 67.7 cm³/mol. The van der Waals surface area contributed by atoms with Crippen LogP contribution in [0, 0.1) is 11.6 Å². The summed E-state index contributed by atoms with van der Waals surface area (Å²) in [6.45, 7) is 0. The van der Waals surface area contributed by atoms with E-state index in [9.17, 15) is 8.78 Å². The van der Waals surface area contributed by atoms with Crippen molar-refractivity contribution in [2.45, 2.75) is 6.42 Å². The molecule has 2 aromatic carbocycles. The second-order valence-corrected chi connectivity index (χ2v) is 4.55. The highest BCUT2D eigenvalue weighted by molar-refractivity contribution is 9.10. The molecule has 0 heterocycles. The van der Waals surface area contributed by atoms with Gasteiger partial charge in [-0.3, -0.25) is 0 Å². The van der Waals surface area contributed by atoms with Crippen molar-refractivity contribution in [3.05, 3.63) is 63.6 Å². The molecule has 0 fully saturated rings. The molecule has 0 amide bonds. The highest BCUT2D eigenvalue weighted by Gasteiger charge is 2.12. The molecule has 2 N–H and O–H groups in total. The first-order valence-corrected chi connectivity index (χ1v) is 5.84.